The van der Waals surface area contributed by atoms with Crippen molar-refractivity contribution in [3.05, 3.63) is 0 Å². The highest BCUT2D eigenvalue weighted by molar-refractivity contribution is 5.69. The molecule has 0 heterocycles. The van der Waals surface area contributed by atoms with E-state index in [4.69, 9.17) is 4.74 Å². The number of fused-ring (bicyclic) bond motifs is 5. The van der Waals surface area contributed by atoms with E-state index in [-0.39, 0.29) is 30.1 Å². The first-order valence-corrected chi connectivity index (χ1v) is 12.1. The minimum Gasteiger partial charge on any atom is -0.469 e. The number of carbonyl (C=O) groups excluding carboxylic acids is 1. The van der Waals surface area contributed by atoms with Crippen LogP contribution in [0.15, 0.2) is 0 Å². The van der Waals surface area contributed by atoms with Crippen LogP contribution in [0.25, 0.3) is 0 Å². The monoisotopic (exact) mass is 410 g/mol. The molecule has 4 fully saturated rings. The van der Waals surface area contributed by atoms with Crippen molar-refractivity contribution in [3.8, 4) is 0 Å². The van der Waals surface area contributed by atoms with Gasteiger partial charge in [0.05, 0.1) is 7.11 Å². The predicted octanol–water partition coefficient (Wildman–Crippen LogP) is 6.87. The average molecular weight is 411 g/mol. The highest BCUT2D eigenvalue weighted by atomic mass is 19.3. The van der Waals surface area contributed by atoms with E-state index in [2.05, 4.69) is 20.8 Å². The van der Waals surface area contributed by atoms with Crippen LogP contribution < -0.4 is 0 Å². The molecule has 4 saturated carbocycles. The van der Waals surface area contributed by atoms with Gasteiger partial charge in [-0.2, -0.15) is 0 Å². The Kier molecular flexibility index (Phi) is 5.56. The zero-order valence-corrected chi connectivity index (χ0v) is 18.8. The van der Waals surface area contributed by atoms with E-state index in [0.29, 0.717) is 36.0 Å². The largest absolute Gasteiger partial charge is 0.469 e. The topological polar surface area (TPSA) is 26.3 Å². The van der Waals surface area contributed by atoms with E-state index in [1.807, 2.05) is 0 Å². The Labute approximate surface area is 175 Å². The summed E-state index contributed by atoms with van der Waals surface area (Å²) in [7, 11) is 1.47. The zero-order valence-electron chi connectivity index (χ0n) is 18.8. The molecule has 4 heteroatoms. The van der Waals surface area contributed by atoms with Crippen LogP contribution in [0.4, 0.5) is 8.78 Å². The van der Waals surface area contributed by atoms with Crippen molar-refractivity contribution in [2.24, 2.45) is 46.3 Å². The Morgan fingerprint density at radius 3 is 2.45 bits per heavy atom. The van der Waals surface area contributed by atoms with E-state index >= 15 is 0 Å². The van der Waals surface area contributed by atoms with Crippen molar-refractivity contribution in [2.45, 2.75) is 97.3 Å². The van der Waals surface area contributed by atoms with Gasteiger partial charge in [0.15, 0.2) is 0 Å². The minimum atomic E-state index is -2.44. The lowest BCUT2D eigenvalue weighted by Gasteiger charge is -2.61. The Morgan fingerprint density at radius 2 is 1.72 bits per heavy atom. The number of alkyl halides is 2. The Bertz CT molecular complexity index is 634. The molecular formula is C25H40F2O2. The molecule has 0 aromatic rings. The number of hydrogen-bond donors (Lipinski definition) is 0. The van der Waals surface area contributed by atoms with Crippen LogP contribution in [-0.4, -0.2) is 19.0 Å². The van der Waals surface area contributed by atoms with Gasteiger partial charge in [0.2, 0.25) is 5.92 Å². The summed E-state index contributed by atoms with van der Waals surface area (Å²) in [5.74, 6) is 1.01. The summed E-state index contributed by atoms with van der Waals surface area (Å²) < 4.78 is 33.1. The second-order valence-electron chi connectivity index (χ2n) is 11.5. The van der Waals surface area contributed by atoms with Crippen LogP contribution in [0.5, 0.6) is 0 Å². The maximum absolute atomic E-state index is 14.1. The van der Waals surface area contributed by atoms with Gasteiger partial charge in [-0.3, -0.25) is 4.79 Å². The fourth-order valence-corrected chi connectivity index (χ4v) is 8.80. The Morgan fingerprint density at radius 1 is 1.00 bits per heavy atom. The molecule has 2 nitrogen and oxygen atoms in total. The van der Waals surface area contributed by atoms with E-state index < -0.39 is 5.92 Å². The summed E-state index contributed by atoms with van der Waals surface area (Å²) in [4.78, 5) is 11.6. The molecule has 8 atom stereocenters. The van der Waals surface area contributed by atoms with Gasteiger partial charge in [0.1, 0.15) is 0 Å². The van der Waals surface area contributed by atoms with Gasteiger partial charge in [-0.05, 0) is 97.7 Å². The minimum absolute atomic E-state index is 0.0956. The van der Waals surface area contributed by atoms with Crippen LogP contribution in [0, 0.1) is 46.3 Å². The number of rotatable bonds is 4. The number of hydrogen-bond acceptors (Lipinski definition) is 2. The lowest BCUT2D eigenvalue weighted by Crippen LogP contribution is -2.55. The zero-order chi connectivity index (χ0) is 21.0. The maximum atomic E-state index is 14.1. The molecule has 29 heavy (non-hydrogen) atoms. The molecule has 166 valence electrons. The number of carbonyl (C=O) groups is 1. The standard InChI is InChI=1S/C25H40F2O2/c1-16(5-10-22(28)29-4)19-8-9-20-18-7-6-17-15-25(26,27)14-13-23(17,2)21(18)11-12-24(19,20)3/h16-21H,5-15H2,1-4H3/t16-,17-,18+,19?,20+,21+,23+,24-/m1/s1. The molecule has 4 rings (SSSR count). The van der Waals surface area contributed by atoms with Crippen LogP contribution >= 0.6 is 0 Å². The first kappa shape index (κ1) is 21.6. The summed E-state index contributed by atoms with van der Waals surface area (Å²) in [6.45, 7) is 7.20. The molecular weight excluding hydrogens is 370 g/mol. The second kappa shape index (κ2) is 7.48. The fourth-order valence-electron chi connectivity index (χ4n) is 8.80. The van der Waals surface area contributed by atoms with Crippen molar-refractivity contribution in [2.75, 3.05) is 7.11 Å². The Hall–Kier alpha value is -0.670. The molecule has 4 aliphatic rings. The van der Waals surface area contributed by atoms with E-state index in [1.54, 1.807) is 0 Å². The van der Waals surface area contributed by atoms with E-state index in [9.17, 15) is 13.6 Å². The molecule has 0 aromatic heterocycles. The molecule has 0 aromatic carbocycles. The van der Waals surface area contributed by atoms with Gasteiger partial charge in [-0.1, -0.05) is 20.8 Å². The maximum Gasteiger partial charge on any atom is 0.305 e. The molecule has 0 amide bonds. The van der Waals surface area contributed by atoms with Gasteiger partial charge in [0.25, 0.3) is 0 Å². The second-order valence-corrected chi connectivity index (χ2v) is 11.5. The molecule has 0 radical (unpaired) electrons. The van der Waals surface area contributed by atoms with Crippen molar-refractivity contribution >= 4 is 5.97 Å². The lowest BCUT2D eigenvalue weighted by molar-refractivity contribution is -0.164. The third-order valence-corrected chi connectivity index (χ3v) is 10.4. The van der Waals surface area contributed by atoms with Crippen molar-refractivity contribution in [1.82, 2.24) is 0 Å². The van der Waals surface area contributed by atoms with Crippen LogP contribution in [0.1, 0.15) is 91.4 Å². The Balaban J connectivity index is 1.49. The highest BCUT2D eigenvalue weighted by Gasteiger charge is 2.62. The lowest BCUT2D eigenvalue weighted by atomic mass is 9.44. The molecule has 1 unspecified atom stereocenters. The summed E-state index contributed by atoms with van der Waals surface area (Å²) in [5.41, 5.74) is 0.485. The number of ether oxygens (including phenoxy) is 1. The third kappa shape index (κ3) is 3.55. The van der Waals surface area contributed by atoms with Crippen molar-refractivity contribution < 1.29 is 18.3 Å². The van der Waals surface area contributed by atoms with E-state index in [1.165, 1.54) is 32.8 Å². The first-order chi connectivity index (χ1) is 13.6. The van der Waals surface area contributed by atoms with Gasteiger partial charge < -0.3 is 4.74 Å². The normalized spacial score (nSPS) is 46.9. The molecule has 0 N–H and O–H groups in total. The summed E-state index contributed by atoms with van der Waals surface area (Å²) in [6, 6.07) is 0. The first-order valence-electron chi connectivity index (χ1n) is 12.1. The smallest absolute Gasteiger partial charge is 0.305 e. The van der Waals surface area contributed by atoms with Crippen LogP contribution in [-0.2, 0) is 9.53 Å². The van der Waals surface area contributed by atoms with Crippen molar-refractivity contribution in [1.29, 1.82) is 0 Å². The number of esters is 1. The highest BCUT2D eigenvalue weighted by Crippen LogP contribution is 2.69. The predicted molar refractivity (Wildman–Crippen MR) is 111 cm³/mol. The third-order valence-electron chi connectivity index (χ3n) is 10.4. The molecule has 0 aliphatic heterocycles. The summed E-state index contributed by atoms with van der Waals surface area (Å²) >= 11 is 0. The number of methoxy groups -OCH3 is 1. The van der Waals surface area contributed by atoms with E-state index in [0.717, 1.165) is 31.1 Å². The summed E-state index contributed by atoms with van der Waals surface area (Å²) in [5, 5.41) is 0. The molecule has 4 aliphatic carbocycles. The van der Waals surface area contributed by atoms with Crippen LogP contribution in [0.3, 0.4) is 0 Å². The van der Waals surface area contributed by atoms with Crippen molar-refractivity contribution in [3.63, 3.8) is 0 Å². The fraction of sp³-hybridized carbons (Fsp3) is 0.960. The quantitative estimate of drug-likeness (QED) is 0.473. The van der Waals surface area contributed by atoms with Crippen LogP contribution in [0.2, 0.25) is 0 Å². The molecule has 0 bridgehead atoms. The van der Waals surface area contributed by atoms with Gasteiger partial charge in [0, 0.05) is 19.3 Å². The van der Waals surface area contributed by atoms with Gasteiger partial charge in [-0.25, -0.2) is 8.78 Å². The number of halogens is 2. The summed E-state index contributed by atoms with van der Waals surface area (Å²) in [6.07, 6.45) is 9.56. The molecule has 0 saturated heterocycles. The molecule has 0 spiro atoms. The van der Waals surface area contributed by atoms with Gasteiger partial charge in [-0.15, -0.1) is 0 Å². The SMILES string of the molecule is COC(=O)CC[C@@H](C)C1CC[C@H]2[C@@H]3CC[C@@H]4CC(F)(F)CC[C@]4(C)[C@H]3CC[C@]12C. The average Bonchev–Trinajstić information content (AvgIpc) is 3.03. The van der Waals surface area contributed by atoms with Gasteiger partial charge >= 0.3 is 5.97 Å².